The monoisotopic (exact) mass is 295 g/mol. The van der Waals surface area contributed by atoms with Crippen LogP contribution in [0.2, 0.25) is 0 Å². The Bertz CT molecular complexity index is 485. The van der Waals surface area contributed by atoms with Crippen molar-refractivity contribution < 1.29 is 19.4 Å². The van der Waals surface area contributed by atoms with Crippen molar-refractivity contribution >= 4 is 17.8 Å². The van der Waals surface area contributed by atoms with Gasteiger partial charge < -0.3 is 15.2 Å². The molecule has 0 aliphatic carbocycles. The van der Waals surface area contributed by atoms with Gasteiger partial charge >= 0.3 is 11.9 Å². The van der Waals surface area contributed by atoms with E-state index in [1.54, 1.807) is 6.07 Å². The van der Waals surface area contributed by atoms with Crippen LogP contribution in [0.15, 0.2) is 12.1 Å². The van der Waals surface area contributed by atoms with Crippen LogP contribution in [-0.2, 0) is 9.53 Å². The fourth-order valence-corrected chi connectivity index (χ4v) is 1.74. The van der Waals surface area contributed by atoms with Crippen LogP contribution in [0.1, 0.15) is 43.6 Å². The third-order valence-corrected chi connectivity index (χ3v) is 3.18. The number of methoxy groups -OCH3 is 1. The number of carboxylic acid groups (broad SMARTS) is 1. The van der Waals surface area contributed by atoms with Gasteiger partial charge in [0.15, 0.2) is 5.69 Å². The molecule has 7 heteroatoms. The zero-order valence-corrected chi connectivity index (χ0v) is 12.5. The summed E-state index contributed by atoms with van der Waals surface area (Å²) in [7, 11) is 1.29. The second-order valence-electron chi connectivity index (χ2n) is 5.53. The molecule has 7 nitrogen and oxygen atoms in total. The Labute approximate surface area is 123 Å². The van der Waals surface area contributed by atoms with Crippen molar-refractivity contribution in [3.05, 3.63) is 17.8 Å². The van der Waals surface area contributed by atoms with E-state index in [9.17, 15) is 9.59 Å². The van der Waals surface area contributed by atoms with Crippen LogP contribution in [0.4, 0.5) is 5.82 Å². The Hall–Kier alpha value is -2.18. The Balaban J connectivity index is 2.41. The number of nitrogens with zero attached hydrogens (tertiary/aromatic N) is 2. The number of ether oxygens (including phenoxy) is 1. The number of carbonyl (C=O) groups excluding carboxylic acids is 1. The average molecular weight is 295 g/mol. The largest absolute Gasteiger partial charge is 0.481 e. The number of esters is 1. The molecule has 0 atom stereocenters. The minimum absolute atomic E-state index is 0.0647. The molecule has 0 saturated carbocycles. The summed E-state index contributed by atoms with van der Waals surface area (Å²) in [6.07, 6.45) is 1.60. The topological polar surface area (TPSA) is 101 Å². The summed E-state index contributed by atoms with van der Waals surface area (Å²) < 4.78 is 4.54. The predicted molar refractivity (Wildman–Crippen MR) is 77.1 cm³/mol. The Morgan fingerprint density at radius 1 is 1.29 bits per heavy atom. The maximum absolute atomic E-state index is 11.2. The molecule has 0 saturated heterocycles. The van der Waals surface area contributed by atoms with E-state index in [4.69, 9.17) is 5.11 Å². The molecule has 2 N–H and O–H groups in total. The molecule has 1 aromatic heterocycles. The molecule has 0 aliphatic rings. The minimum Gasteiger partial charge on any atom is -0.481 e. The van der Waals surface area contributed by atoms with E-state index in [0.29, 0.717) is 18.8 Å². The number of hydrogen-bond donors (Lipinski definition) is 2. The Morgan fingerprint density at radius 2 is 2.00 bits per heavy atom. The molecule has 1 heterocycles. The molecule has 0 aromatic carbocycles. The van der Waals surface area contributed by atoms with Gasteiger partial charge in [-0.2, -0.15) is 0 Å². The highest BCUT2D eigenvalue weighted by Crippen LogP contribution is 2.26. The van der Waals surface area contributed by atoms with Crippen molar-refractivity contribution in [2.75, 3.05) is 19.0 Å². The first-order valence-corrected chi connectivity index (χ1v) is 6.72. The van der Waals surface area contributed by atoms with Gasteiger partial charge in [-0.1, -0.05) is 13.8 Å². The Kier molecular flexibility index (Phi) is 6.08. The fraction of sp³-hybridized carbons (Fsp3) is 0.571. The standard InChI is InChI=1S/C14H21N3O4/c1-14(2,7-6-12(18)19)8-9-15-11-5-4-10(16-17-11)13(20)21-3/h4-5H,6-9H2,1-3H3,(H,15,17)(H,18,19). The second-order valence-corrected chi connectivity index (χ2v) is 5.53. The highest BCUT2D eigenvalue weighted by molar-refractivity contribution is 5.86. The molecular formula is C14H21N3O4. The lowest BCUT2D eigenvalue weighted by atomic mass is 9.84. The first kappa shape index (κ1) is 16.9. The maximum Gasteiger partial charge on any atom is 0.358 e. The number of aliphatic carboxylic acids is 1. The van der Waals surface area contributed by atoms with Crippen molar-refractivity contribution in [2.45, 2.75) is 33.1 Å². The third kappa shape index (κ3) is 6.20. The number of hydrogen-bond acceptors (Lipinski definition) is 6. The first-order valence-electron chi connectivity index (χ1n) is 6.72. The lowest BCUT2D eigenvalue weighted by Crippen LogP contribution is -2.19. The van der Waals surface area contributed by atoms with Crippen LogP contribution in [-0.4, -0.2) is 40.9 Å². The minimum atomic E-state index is -0.778. The zero-order chi connectivity index (χ0) is 15.9. The molecule has 0 unspecified atom stereocenters. The molecule has 0 aliphatic heterocycles. The van der Waals surface area contributed by atoms with Gasteiger partial charge in [0.1, 0.15) is 5.82 Å². The van der Waals surface area contributed by atoms with Crippen LogP contribution in [0, 0.1) is 5.41 Å². The van der Waals surface area contributed by atoms with Crippen molar-refractivity contribution in [1.82, 2.24) is 10.2 Å². The SMILES string of the molecule is COC(=O)c1ccc(NCCC(C)(C)CCC(=O)O)nn1. The number of carbonyl (C=O) groups is 2. The van der Waals surface area contributed by atoms with E-state index >= 15 is 0 Å². The summed E-state index contributed by atoms with van der Waals surface area (Å²) in [5.74, 6) is -0.735. The number of carboxylic acids is 1. The summed E-state index contributed by atoms with van der Waals surface area (Å²) in [6.45, 7) is 4.71. The highest BCUT2D eigenvalue weighted by Gasteiger charge is 2.18. The lowest BCUT2D eigenvalue weighted by Gasteiger charge is -2.23. The first-order chi connectivity index (χ1) is 9.84. The van der Waals surface area contributed by atoms with Gasteiger partial charge in [0.2, 0.25) is 0 Å². The molecule has 0 bridgehead atoms. The number of rotatable bonds is 8. The predicted octanol–water partition coefficient (Wildman–Crippen LogP) is 1.96. The van der Waals surface area contributed by atoms with Crippen LogP contribution in [0.25, 0.3) is 0 Å². The molecule has 0 spiro atoms. The maximum atomic E-state index is 11.2. The molecule has 21 heavy (non-hydrogen) atoms. The van der Waals surface area contributed by atoms with Crippen molar-refractivity contribution in [2.24, 2.45) is 5.41 Å². The molecule has 116 valence electrons. The van der Waals surface area contributed by atoms with Crippen LogP contribution < -0.4 is 5.32 Å². The summed E-state index contributed by atoms with van der Waals surface area (Å²) in [5.41, 5.74) is 0.0926. The normalized spacial score (nSPS) is 11.0. The van der Waals surface area contributed by atoms with E-state index in [2.05, 4.69) is 20.3 Å². The third-order valence-electron chi connectivity index (χ3n) is 3.18. The van der Waals surface area contributed by atoms with Gasteiger partial charge in [-0.25, -0.2) is 4.79 Å². The fourth-order valence-electron chi connectivity index (χ4n) is 1.74. The smallest absolute Gasteiger partial charge is 0.358 e. The van der Waals surface area contributed by atoms with E-state index in [-0.39, 0.29) is 17.5 Å². The van der Waals surface area contributed by atoms with Gasteiger partial charge in [0.25, 0.3) is 0 Å². The average Bonchev–Trinajstić information content (AvgIpc) is 2.45. The lowest BCUT2D eigenvalue weighted by molar-refractivity contribution is -0.137. The van der Waals surface area contributed by atoms with Gasteiger partial charge in [-0.15, -0.1) is 10.2 Å². The van der Waals surface area contributed by atoms with Crippen molar-refractivity contribution in [1.29, 1.82) is 0 Å². The van der Waals surface area contributed by atoms with E-state index < -0.39 is 11.9 Å². The van der Waals surface area contributed by atoms with Crippen molar-refractivity contribution in [3.63, 3.8) is 0 Å². The Morgan fingerprint density at radius 3 is 2.52 bits per heavy atom. The van der Waals surface area contributed by atoms with Gasteiger partial charge in [-0.3, -0.25) is 4.79 Å². The second kappa shape index (κ2) is 7.56. The van der Waals surface area contributed by atoms with Gasteiger partial charge in [-0.05, 0) is 30.4 Å². The molecule has 1 aromatic rings. The van der Waals surface area contributed by atoms with Crippen LogP contribution in [0.5, 0.6) is 0 Å². The van der Waals surface area contributed by atoms with E-state index in [1.165, 1.54) is 13.2 Å². The molecule has 0 amide bonds. The summed E-state index contributed by atoms with van der Waals surface area (Å²) in [5, 5.41) is 19.4. The number of nitrogens with one attached hydrogen (secondary N) is 1. The van der Waals surface area contributed by atoms with E-state index in [1.807, 2.05) is 13.8 Å². The van der Waals surface area contributed by atoms with Crippen LogP contribution >= 0.6 is 0 Å². The molecule has 0 fully saturated rings. The number of anilines is 1. The zero-order valence-electron chi connectivity index (χ0n) is 12.5. The van der Waals surface area contributed by atoms with E-state index in [0.717, 1.165) is 6.42 Å². The quantitative estimate of drug-likeness (QED) is 0.707. The molecule has 1 rings (SSSR count). The summed E-state index contributed by atoms with van der Waals surface area (Å²) in [6, 6.07) is 3.19. The summed E-state index contributed by atoms with van der Waals surface area (Å²) >= 11 is 0. The van der Waals surface area contributed by atoms with Crippen molar-refractivity contribution in [3.8, 4) is 0 Å². The summed E-state index contributed by atoms with van der Waals surface area (Å²) in [4.78, 5) is 21.8. The number of aromatic nitrogens is 2. The highest BCUT2D eigenvalue weighted by atomic mass is 16.5. The van der Waals surface area contributed by atoms with Crippen LogP contribution in [0.3, 0.4) is 0 Å². The van der Waals surface area contributed by atoms with Gasteiger partial charge in [0, 0.05) is 13.0 Å². The molecule has 0 radical (unpaired) electrons. The molecular weight excluding hydrogens is 274 g/mol. The van der Waals surface area contributed by atoms with Gasteiger partial charge in [0.05, 0.1) is 7.11 Å².